The van der Waals surface area contributed by atoms with Crippen molar-refractivity contribution in [1.29, 1.82) is 0 Å². The number of nitrogens with one attached hydrogen (secondary N) is 1. The van der Waals surface area contributed by atoms with Crippen molar-refractivity contribution in [1.82, 2.24) is 0 Å². The number of nitrogens with zero attached hydrogens (tertiary/aromatic N) is 2. The Morgan fingerprint density at radius 1 is 1.21 bits per heavy atom. The Bertz CT molecular complexity index is 1200. The van der Waals surface area contributed by atoms with E-state index in [0.29, 0.717) is 16.6 Å². The Kier molecular flexibility index (Phi) is 6.32. The average Bonchev–Trinajstić information content (AvgIpc) is 3.25. The van der Waals surface area contributed by atoms with Gasteiger partial charge in [-0.25, -0.2) is 8.42 Å². The van der Waals surface area contributed by atoms with Crippen LogP contribution in [0.4, 0.5) is 24.5 Å². The highest BCUT2D eigenvalue weighted by molar-refractivity contribution is 8.15. The fourth-order valence-corrected chi connectivity index (χ4v) is 7.42. The molecule has 0 radical (unpaired) electrons. The van der Waals surface area contributed by atoms with Gasteiger partial charge in [-0.2, -0.15) is 13.2 Å². The van der Waals surface area contributed by atoms with Crippen LogP contribution in [-0.4, -0.2) is 55.9 Å². The quantitative estimate of drug-likeness (QED) is 0.678. The minimum atomic E-state index is -4.53. The summed E-state index contributed by atoms with van der Waals surface area (Å²) < 4.78 is 68.0. The van der Waals surface area contributed by atoms with E-state index in [0.717, 1.165) is 12.1 Å². The molecule has 2 heterocycles. The van der Waals surface area contributed by atoms with Crippen molar-refractivity contribution >= 4 is 44.0 Å². The summed E-state index contributed by atoms with van der Waals surface area (Å²) in [6.07, 6.45) is -4.53. The highest BCUT2D eigenvalue weighted by atomic mass is 32.2. The van der Waals surface area contributed by atoms with E-state index in [1.54, 1.807) is 29.2 Å². The Morgan fingerprint density at radius 3 is 2.67 bits per heavy atom. The standard InChI is InChI=1S/C21H20F3N3O4S2/c1-31-16-7-3-6-15(9-16)27(20-26-17-11-33(29,30)12-18(17)32-20)10-19(28)25-14-5-2-4-13(8-14)21(22,23)24/h2-9,17-18H,10-12H2,1H3,(H,25,28)/t17-,18+/m1/s1. The molecular formula is C21H20F3N3O4S2. The number of halogens is 3. The Labute approximate surface area is 192 Å². The molecule has 0 bridgehead atoms. The highest BCUT2D eigenvalue weighted by Gasteiger charge is 2.44. The largest absolute Gasteiger partial charge is 0.497 e. The van der Waals surface area contributed by atoms with Gasteiger partial charge in [0.25, 0.3) is 0 Å². The first-order chi connectivity index (χ1) is 15.5. The number of aliphatic imine (C=N–C) groups is 1. The molecule has 0 aromatic heterocycles. The van der Waals surface area contributed by atoms with Crippen molar-refractivity contribution in [2.45, 2.75) is 17.5 Å². The number of anilines is 2. The lowest BCUT2D eigenvalue weighted by Crippen LogP contribution is -2.36. The topological polar surface area (TPSA) is 88.1 Å². The number of rotatable bonds is 5. The van der Waals surface area contributed by atoms with Crippen LogP contribution in [0, 0.1) is 0 Å². The number of hydrogen-bond donors (Lipinski definition) is 1. The number of hydrogen-bond acceptors (Lipinski definition) is 7. The highest BCUT2D eigenvalue weighted by Crippen LogP contribution is 2.37. The van der Waals surface area contributed by atoms with E-state index in [9.17, 15) is 26.4 Å². The van der Waals surface area contributed by atoms with Gasteiger partial charge >= 0.3 is 6.18 Å². The second kappa shape index (κ2) is 8.90. The van der Waals surface area contributed by atoms with Crippen LogP contribution < -0.4 is 15.0 Å². The van der Waals surface area contributed by atoms with Gasteiger partial charge < -0.3 is 15.0 Å². The Morgan fingerprint density at radius 2 is 1.97 bits per heavy atom. The predicted molar refractivity (Wildman–Crippen MR) is 122 cm³/mol. The number of fused-ring (bicyclic) bond motifs is 1. The molecule has 0 unspecified atom stereocenters. The third-order valence-corrected chi connectivity index (χ3v) is 8.42. The molecule has 12 heteroatoms. The number of thioether (sulfide) groups is 1. The lowest BCUT2D eigenvalue weighted by atomic mass is 10.2. The van der Waals surface area contributed by atoms with Crippen molar-refractivity contribution in [3.05, 3.63) is 54.1 Å². The molecule has 1 saturated heterocycles. The molecule has 2 aromatic carbocycles. The second-order valence-electron chi connectivity index (χ2n) is 7.63. The zero-order valence-corrected chi connectivity index (χ0v) is 19.0. The maximum atomic E-state index is 13.0. The number of ether oxygens (including phenoxy) is 1. The van der Waals surface area contributed by atoms with Crippen molar-refractivity contribution < 1.29 is 31.1 Å². The van der Waals surface area contributed by atoms with Crippen molar-refractivity contribution in [3.8, 4) is 5.75 Å². The summed E-state index contributed by atoms with van der Waals surface area (Å²) in [7, 11) is -1.65. The molecule has 176 valence electrons. The van der Waals surface area contributed by atoms with Crippen LogP contribution in [0.3, 0.4) is 0 Å². The van der Waals surface area contributed by atoms with Crippen molar-refractivity contribution in [2.24, 2.45) is 4.99 Å². The van der Waals surface area contributed by atoms with Gasteiger partial charge in [-0.15, -0.1) is 0 Å². The molecular weight excluding hydrogens is 479 g/mol. The van der Waals surface area contributed by atoms with Gasteiger partial charge in [0.2, 0.25) is 5.91 Å². The smallest absolute Gasteiger partial charge is 0.416 e. The lowest BCUT2D eigenvalue weighted by Gasteiger charge is -2.24. The molecule has 1 amide bonds. The molecule has 7 nitrogen and oxygen atoms in total. The lowest BCUT2D eigenvalue weighted by molar-refractivity contribution is -0.137. The number of alkyl halides is 3. The van der Waals surface area contributed by atoms with E-state index in [4.69, 9.17) is 4.74 Å². The number of amides is 1. The number of carbonyl (C=O) groups is 1. The maximum Gasteiger partial charge on any atom is 0.416 e. The summed E-state index contributed by atoms with van der Waals surface area (Å²) in [5, 5.41) is 2.75. The SMILES string of the molecule is COc1cccc(N(CC(=O)Nc2cccc(C(F)(F)F)c2)C2=N[C@@H]3CS(=O)(=O)C[C@@H]3S2)c1. The number of amidine groups is 1. The van der Waals surface area contributed by atoms with Gasteiger partial charge in [-0.3, -0.25) is 9.79 Å². The second-order valence-corrected chi connectivity index (χ2v) is 11.0. The van der Waals surface area contributed by atoms with E-state index in [1.165, 1.54) is 31.0 Å². The molecule has 2 atom stereocenters. The molecule has 0 aliphatic carbocycles. The summed E-state index contributed by atoms with van der Waals surface area (Å²) >= 11 is 1.28. The molecule has 1 N–H and O–H groups in total. The van der Waals surface area contributed by atoms with Crippen LogP contribution >= 0.6 is 11.8 Å². The third-order valence-electron chi connectivity index (χ3n) is 5.18. The van der Waals surface area contributed by atoms with E-state index in [1.807, 2.05) is 0 Å². The van der Waals surface area contributed by atoms with Gasteiger partial charge in [0.15, 0.2) is 15.0 Å². The summed E-state index contributed by atoms with van der Waals surface area (Å²) in [4.78, 5) is 18.9. The van der Waals surface area contributed by atoms with Gasteiger partial charge in [0.1, 0.15) is 12.3 Å². The monoisotopic (exact) mass is 499 g/mol. The van der Waals surface area contributed by atoms with Crippen LogP contribution in [0.2, 0.25) is 0 Å². The minimum Gasteiger partial charge on any atom is -0.497 e. The van der Waals surface area contributed by atoms with E-state index in [2.05, 4.69) is 10.3 Å². The minimum absolute atomic E-state index is 0.0116. The maximum absolute atomic E-state index is 13.0. The third kappa shape index (κ3) is 5.44. The van der Waals surface area contributed by atoms with E-state index in [-0.39, 0.29) is 29.0 Å². The van der Waals surface area contributed by atoms with Crippen LogP contribution in [0.1, 0.15) is 5.56 Å². The van der Waals surface area contributed by atoms with Crippen molar-refractivity contribution in [3.63, 3.8) is 0 Å². The normalized spacial score (nSPS) is 21.3. The fourth-order valence-electron chi connectivity index (χ4n) is 3.64. The number of carbonyl (C=O) groups excluding carboxylic acids is 1. The van der Waals surface area contributed by atoms with Crippen molar-refractivity contribution in [2.75, 3.05) is 35.4 Å². The summed E-state index contributed by atoms with van der Waals surface area (Å²) in [6.45, 7) is -0.235. The molecule has 0 spiro atoms. The molecule has 2 aliphatic heterocycles. The van der Waals surface area contributed by atoms with Crippen LogP contribution in [-0.2, 0) is 20.8 Å². The first-order valence-corrected chi connectivity index (χ1v) is 12.6. The zero-order valence-electron chi connectivity index (χ0n) is 17.4. The van der Waals surface area contributed by atoms with Gasteiger partial charge in [-0.05, 0) is 30.3 Å². The molecule has 0 saturated carbocycles. The van der Waals surface area contributed by atoms with Crippen LogP contribution in [0.15, 0.2) is 53.5 Å². The Balaban J connectivity index is 1.57. The van der Waals surface area contributed by atoms with E-state index >= 15 is 0 Å². The van der Waals surface area contributed by atoms with Gasteiger partial charge in [-0.1, -0.05) is 23.9 Å². The molecule has 2 aliphatic rings. The molecule has 2 aromatic rings. The van der Waals surface area contributed by atoms with E-state index < -0.39 is 33.5 Å². The zero-order chi connectivity index (χ0) is 23.8. The molecule has 1 fully saturated rings. The molecule has 33 heavy (non-hydrogen) atoms. The molecule has 4 rings (SSSR count). The number of benzene rings is 2. The van der Waals surface area contributed by atoms with Gasteiger partial charge in [0, 0.05) is 22.7 Å². The van der Waals surface area contributed by atoms with Gasteiger partial charge in [0.05, 0.1) is 30.2 Å². The number of sulfone groups is 1. The van der Waals surface area contributed by atoms with Crippen LogP contribution in [0.5, 0.6) is 5.75 Å². The summed E-state index contributed by atoms with van der Waals surface area (Å²) in [5.74, 6) is -0.0406. The van der Waals surface area contributed by atoms with Crippen LogP contribution in [0.25, 0.3) is 0 Å². The first-order valence-electron chi connectivity index (χ1n) is 9.88. The first kappa shape index (κ1) is 23.4. The predicted octanol–water partition coefficient (Wildman–Crippen LogP) is 3.43. The summed E-state index contributed by atoms with van der Waals surface area (Å²) in [5.41, 5.74) is -0.262. The fraction of sp³-hybridized carbons (Fsp3) is 0.333. The average molecular weight is 500 g/mol. The summed E-state index contributed by atoms with van der Waals surface area (Å²) in [6, 6.07) is 10.9. The Hall–Kier alpha value is -2.73. The number of methoxy groups -OCH3 is 1.